The molecule has 18 heavy (non-hydrogen) atoms. The van der Waals surface area contributed by atoms with Gasteiger partial charge >= 0.3 is 5.97 Å². The second-order valence-electron chi connectivity index (χ2n) is 5.93. The Balaban J connectivity index is 2.14. The number of hydrogen-bond acceptors (Lipinski definition) is 3. The smallest absolute Gasteiger partial charge is 0.309 e. The van der Waals surface area contributed by atoms with Gasteiger partial charge in [0.05, 0.1) is 12.5 Å². The minimum atomic E-state index is -0.107. The predicted octanol–water partition coefficient (Wildman–Crippen LogP) is 3.15. The molecular weight excluding hydrogens is 228 g/mol. The van der Waals surface area contributed by atoms with Crippen molar-refractivity contribution in [2.45, 2.75) is 58.8 Å². The van der Waals surface area contributed by atoms with E-state index in [0.29, 0.717) is 0 Å². The van der Waals surface area contributed by atoms with Gasteiger partial charge in [-0.25, -0.2) is 0 Å². The average molecular weight is 256 g/mol. The molecule has 1 fully saturated rings. The van der Waals surface area contributed by atoms with Crippen molar-refractivity contribution in [2.24, 2.45) is 17.8 Å². The molecule has 0 aromatic rings. The Morgan fingerprint density at radius 1 is 1.28 bits per heavy atom. The average Bonchev–Trinajstić information content (AvgIpc) is 2.36. The van der Waals surface area contributed by atoms with Crippen molar-refractivity contribution in [3.63, 3.8) is 0 Å². The molecule has 0 amide bonds. The van der Waals surface area contributed by atoms with Gasteiger partial charge in [0.25, 0.3) is 0 Å². The zero-order valence-electron chi connectivity index (χ0n) is 11.9. The summed E-state index contributed by atoms with van der Waals surface area (Å²) < 4.78 is 4.99. The van der Waals surface area contributed by atoms with E-state index in [4.69, 9.17) is 9.84 Å². The Hall–Kier alpha value is -0.570. The highest BCUT2D eigenvalue weighted by Crippen LogP contribution is 2.32. The van der Waals surface area contributed by atoms with E-state index in [1.807, 2.05) is 0 Å². The maximum atomic E-state index is 11.6. The highest BCUT2D eigenvalue weighted by Gasteiger charge is 2.26. The molecule has 0 aliphatic heterocycles. The first-order chi connectivity index (χ1) is 8.63. The fraction of sp³-hybridized carbons (Fsp3) is 0.933. The van der Waals surface area contributed by atoms with Gasteiger partial charge in [0.2, 0.25) is 0 Å². The summed E-state index contributed by atoms with van der Waals surface area (Å²) >= 11 is 0. The van der Waals surface area contributed by atoms with Crippen LogP contribution in [-0.4, -0.2) is 24.3 Å². The van der Waals surface area contributed by atoms with E-state index in [0.717, 1.165) is 37.5 Å². The lowest BCUT2D eigenvalue weighted by Crippen LogP contribution is -2.24. The zero-order valence-corrected chi connectivity index (χ0v) is 11.9. The van der Waals surface area contributed by atoms with E-state index >= 15 is 0 Å². The monoisotopic (exact) mass is 256 g/mol. The summed E-state index contributed by atoms with van der Waals surface area (Å²) in [4.78, 5) is 11.6. The van der Waals surface area contributed by atoms with Crippen LogP contribution in [0.3, 0.4) is 0 Å². The minimum Gasteiger partial charge on any atom is -0.463 e. The molecule has 0 saturated heterocycles. The summed E-state index contributed by atoms with van der Waals surface area (Å²) in [5.74, 6) is 1.59. The fourth-order valence-electron chi connectivity index (χ4n) is 2.77. The Morgan fingerprint density at radius 3 is 2.50 bits per heavy atom. The summed E-state index contributed by atoms with van der Waals surface area (Å²) in [6, 6.07) is 0. The van der Waals surface area contributed by atoms with Crippen molar-refractivity contribution in [2.75, 3.05) is 13.2 Å². The highest BCUT2D eigenvalue weighted by molar-refractivity contribution is 5.72. The second-order valence-corrected chi connectivity index (χ2v) is 5.93. The molecule has 0 aromatic heterocycles. The van der Waals surface area contributed by atoms with E-state index in [2.05, 4.69) is 13.8 Å². The van der Waals surface area contributed by atoms with Crippen LogP contribution in [0.15, 0.2) is 0 Å². The first-order valence-corrected chi connectivity index (χ1v) is 7.41. The number of aliphatic hydroxyl groups excluding tert-OH is 1. The number of esters is 1. The molecule has 1 rings (SSSR count). The van der Waals surface area contributed by atoms with E-state index in [1.165, 1.54) is 19.3 Å². The lowest BCUT2D eigenvalue weighted by Gasteiger charge is -2.27. The number of aliphatic hydroxyl groups is 1. The van der Waals surface area contributed by atoms with Gasteiger partial charge < -0.3 is 9.84 Å². The third-order valence-corrected chi connectivity index (χ3v) is 3.91. The van der Waals surface area contributed by atoms with E-state index in [1.54, 1.807) is 0 Å². The van der Waals surface area contributed by atoms with Crippen molar-refractivity contribution >= 4 is 5.97 Å². The molecule has 1 N–H and O–H groups in total. The Bertz CT molecular complexity index is 230. The Morgan fingerprint density at radius 2 is 1.94 bits per heavy atom. The van der Waals surface area contributed by atoms with Gasteiger partial charge in [0.15, 0.2) is 0 Å². The van der Waals surface area contributed by atoms with E-state index in [9.17, 15) is 4.79 Å². The molecule has 0 bridgehead atoms. The standard InChI is InChI=1S/C15H28O3/c1-12(2)4-3-5-13-6-8-14(9-7-13)15(17)18-11-10-16/h12-14,16H,3-11H2,1-2H3. The summed E-state index contributed by atoms with van der Waals surface area (Å²) in [6.45, 7) is 4.62. The molecule has 106 valence electrons. The van der Waals surface area contributed by atoms with Gasteiger partial charge in [0, 0.05) is 0 Å². The largest absolute Gasteiger partial charge is 0.463 e. The molecular formula is C15H28O3. The van der Waals surface area contributed by atoms with E-state index < -0.39 is 0 Å². The number of hydrogen-bond donors (Lipinski definition) is 1. The zero-order chi connectivity index (χ0) is 13.4. The number of ether oxygens (including phenoxy) is 1. The van der Waals surface area contributed by atoms with Crippen LogP contribution in [0.2, 0.25) is 0 Å². The molecule has 0 unspecified atom stereocenters. The molecule has 1 aliphatic rings. The molecule has 1 aliphatic carbocycles. The van der Waals surface area contributed by atoms with Crippen LogP contribution in [0, 0.1) is 17.8 Å². The number of carbonyl (C=O) groups is 1. The molecule has 3 heteroatoms. The van der Waals surface area contributed by atoms with E-state index in [-0.39, 0.29) is 25.1 Å². The minimum absolute atomic E-state index is 0.0731. The first kappa shape index (κ1) is 15.5. The molecule has 1 saturated carbocycles. The van der Waals surface area contributed by atoms with Crippen molar-refractivity contribution < 1.29 is 14.6 Å². The van der Waals surface area contributed by atoms with Crippen molar-refractivity contribution in [1.29, 1.82) is 0 Å². The van der Waals surface area contributed by atoms with Crippen molar-refractivity contribution in [3.8, 4) is 0 Å². The lowest BCUT2D eigenvalue weighted by atomic mass is 9.79. The predicted molar refractivity (Wildman–Crippen MR) is 72.2 cm³/mol. The van der Waals surface area contributed by atoms with Crippen LogP contribution in [0.25, 0.3) is 0 Å². The molecule has 0 aromatic carbocycles. The highest BCUT2D eigenvalue weighted by atomic mass is 16.5. The van der Waals surface area contributed by atoms with Crippen molar-refractivity contribution in [3.05, 3.63) is 0 Å². The summed E-state index contributed by atoms with van der Waals surface area (Å²) in [5.41, 5.74) is 0. The fourth-order valence-corrected chi connectivity index (χ4v) is 2.77. The summed E-state index contributed by atoms with van der Waals surface area (Å²) in [7, 11) is 0. The lowest BCUT2D eigenvalue weighted by molar-refractivity contribution is -0.151. The molecule has 3 nitrogen and oxygen atoms in total. The van der Waals surface area contributed by atoms with Gasteiger partial charge in [-0.3, -0.25) is 4.79 Å². The SMILES string of the molecule is CC(C)CCCC1CCC(C(=O)OCCO)CC1. The summed E-state index contributed by atoms with van der Waals surface area (Å²) in [5, 5.41) is 8.62. The molecule has 0 atom stereocenters. The number of carbonyl (C=O) groups excluding carboxylic acids is 1. The molecule has 0 radical (unpaired) electrons. The van der Waals surface area contributed by atoms with Crippen LogP contribution in [0.5, 0.6) is 0 Å². The topological polar surface area (TPSA) is 46.5 Å². The third kappa shape index (κ3) is 5.85. The second kappa shape index (κ2) is 8.52. The maximum Gasteiger partial charge on any atom is 0.309 e. The maximum absolute atomic E-state index is 11.6. The Kier molecular flexibility index (Phi) is 7.33. The van der Waals surface area contributed by atoms with Crippen LogP contribution in [-0.2, 0) is 9.53 Å². The Labute approximate surface area is 111 Å². The normalized spacial score (nSPS) is 24.2. The number of rotatable bonds is 7. The third-order valence-electron chi connectivity index (χ3n) is 3.91. The first-order valence-electron chi connectivity index (χ1n) is 7.41. The summed E-state index contributed by atoms with van der Waals surface area (Å²) in [6.07, 6.45) is 8.22. The van der Waals surface area contributed by atoms with Gasteiger partial charge in [-0.15, -0.1) is 0 Å². The van der Waals surface area contributed by atoms with Crippen LogP contribution in [0.4, 0.5) is 0 Å². The molecule has 0 heterocycles. The van der Waals surface area contributed by atoms with Crippen LogP contribution < -0.4 is 0 Å². The van der Waals surface area contributed by atoms with Gasteiger partial charge in [0.1, 0.15) is 6.61 Å². The van der Waals surface area contributed by atoms with Gasteiger partial charge in [-0.1, -0.05) is 33.1 Å². The molecule has 0 spiro atoms. The van der Waals surface area contributed by atoms with Crippen molar-refractivity contribution in [1.82, 2.24) is 0 Å². The van der Waals surface area contributed by atoms with Gasteiger partial charge in [-0.05, 0) is 37.5 Å². The van der Waals surface area contributed by atoms with Crippen LogP contribution >= 0.6 is 0 Å². The van der Waals surface area contributed by atoms with Crippen LogP contribution in [0.1, 0.15) is 58.8 Å². The van der Waals surface area contributed by atoms with Gasteiger partial charge in [-0.2, -0.15) is 0 Å². The quantitative estimate of drug-likeness (QED) is 0.712.